The van der Waals surface area contributed by atoms with Gasteiger partial charge < -0.3 is 0 Å². The van der Waals surface area contributed by atoms with Crippen molar-refractivity contribution in [3.8, 4) is 0 Å². The summed E-state index contributed by atoms with van der Waals surface area (Å²) in [4.78, 5) is 11.6. The smallest absolute Gasteiger partial charge is 0.0529 e. The summed E-state index contributed by atoms with van der Waals surface area (Å²) < 4.78 is 0. The molecule has 122 valence electrons. The van der Waals surface area contributed by atoms with Crippen molar-refractivity contribution in [2.45, 2.75) is 92.2 Å². The van der Waals surface area contributed by atoms with Crippen molar-refractivity contribution >= 4 is 0 Å². The van der Waals surface area contributed by atoms with Crippen LogP contribution in [0.3, 0.4) is 0 Å². The molecule has 0 N–H and O–H groups in total. The van der Waals surface area contributed by atoms with Crippen molar-refractivity contribution in [2.24, 2.45) is 28.0 Å². The lowest BCUT2D eigenvalue weighted by molar-refractivity contribution is -0.00323. The summed E-state index contributed by atoms with van der Waals surface area (Å²) in [5, 5.41) is 5.49. The highest BCUT2D eigenvalue weighted by Gasteiger charge is 2.41. The van der Waals surface area contributed by atoms with Gasteiger partial charge >= 0.3 is 0 Å². The van der Waals surface area contributed by atoms with Gasteiger partial charge in [-0.1, -0.05) is 41.5 Å². The average Bonchev–Trinajstić information content (AvgIpc) is 2.23. The molecule has 0 heterocycles. The van der Waals surface area contributed by atoms with E-state index >= 15 is 0 Å². The predicted molar refractivity (Wildman–Crippen MR) is 88.8 cm³/mol. The standard InChI is InChI=1S/C18H34N2O/c1-13-7-15(11-17(3,4)9-13)20(19-21)16-8-14(2)10-18(5,6)12-16/h13-16H,7-12H2,1-6H3/t13-,14+,15-,16-/m1/s1. The van der Waals surface area contributed by atoms with Gasteiger partial charge in [-0.2, -0.15) is 0 Å². The minimum Gasteiger partial charge on any atom is -0.255 e. The molecule has 3 nitrogen and oxygen atoms in total. The van der Waals surface area contributed by atoms with Crippen molar-refractivity contribution in [3.05, 3.63) is 4.91 Å². The Kier molecular flexibility index (Phi) is 4.70. The summed E-state index contributed by atoms with van der Waals surface area (Å²) in [6.07, 6.45) is 7.00. The van der Waals surface area contributed by atoms with Gasteiger partial charge in [0.1, 0.15) is 0 Å². The van der Waals surface area contributed by atoms with Crippen molar-refractivity contribution in [1.29, 1.82) is 0 Å². The Morgan fingerprint density at radius 2 is 1.19 bits per heavy atom. The van der Waals surface area contributed by atoms with Crippen LogP contribution in [0.5, 0.6) is 0 Å². The number of nitroso groups, excluding NO2 is 1. The van der Waals surface area contributed by atoms with Gasteiger partial charge in [-0.15, -0.1) is 4.91 Å². The zero-order valence-electron chi connectivity index (χ0n) is 14.9. The van der Waals surface area contributed by atoms with Crippen LogP contribution in [0.2, 0.25) is 0 Å². The fourth-order valence-electron chi connectivity index (χ4n) is 5.43. The van der Waals surface area contributed by atoms with Crippen LogP contribution in [0.1, 0.15) is 80.1 Å². The van der Waals surface area contributed by atoms with Gasteiger partial charge in [0.2, 0.25) is 0 Å². The third kappa shape index (κ3) is 4.20. The summed E-state index contributed by atoms with van der Waals surface area (Å²) in [5.74, 6) is 1.38. The zero-order chi connectivity index (χ0) is 15.8. The second-order valence-electron chi connectivity index (χ2n) is 9.60. The Morgan fingerprint density at radius 1 is 0.810 bits per heavy atom. The van der Waals surface area contributed by atoms with Gasteiger partial charge in [0, 0.05) is 0 Å². The third-order valence-electron chi connectivity index (χ3n) is 5.57. The Balaban J connectivity index is 2.13. The second kappa shape index (κ2) is 5.89. The van der Waals surface area contributed by atoms with Gasteiger partial charge in [0.15, 0.2) is 0 Å². The Bertz CT molecular complexity index is 345. The molecule has 2 saturated carbocycles. The van der Waals surface area contributed by atoms with Crippen LogP contribution in [0, 0.1) is 27.6 Å². The van der Waals surface area contributed by atoms with Gasteiger partial charge in [-0.3, -0.25) is 5.01 Å². The predicted octanol–water partition coefficient (Wildman–Crippen LogP) is 5.40. The molecule has 0 aromatic heterocycles. The largest absolute Gasteiger partial charge is 0.255 e. The summed E-state index contributed by atoms with van der Waals surface area (Å²) >= 11 is 0. The molecule has 2 aliphatic rings. The minimum absolute atomic E-state index is 0.334. The molecule has 2 rings (SSSR count). The minimum atomic E-state index is 0.334. The third-order valence-corrected chi connectivity index (χ3v) is 5.57. The summed E-state index contributed by atoms with van der Waals surface area (Å²) in [6, 6.07) is 0.680. The van der Waals surface area contributed by atoms with E-state index in [2.05, 4.69) is 46.8 Å². The highest BCUT2D eigenvalue weighted by molar-refractivity contribution is 4.93. The van der Waals surface area contributed by atoms with Gasteiger partial charge in [-0.05, 0) is 61.2 Å². The molecule has 0 spiro atoms. The van der Waals surface area contributed by atoms with E-state index in [4.69, 9.17) is 0 Å². The van der Waals surface area contributed by atoms with Crippen molar-refractivity contribution in [1.82, 2.24) is 5.01 Å². The van der Waals surface area contributed by atoms with Crippen LogP contribution in [-0.4, -0.2) is 17.1 Å². The van der Waals surface area contributed by atoms with Crippen LogP contribution in [0.25, 0.3) is 0 Å². The first-order chi connectivity index (χ1) is 9.62. The van der Waals surface area contributed by atoms with Crippen LogP contribution >= 0.6 is 0 Å². The number of hydrogen-bond donors (Lipinski definition) is 0. The molecule has 0 bridgehead atoms. The molecule has 0 aromatic carbocycles. The van der Waals surface area contributed by atoms with Gasteiger partial charge in [-0.25, -0.2) is 0 Å². The molecule has 2 aliphatic carbocycles. The highest BCUT2D eigenvalue weighted by Crippen LogP contribution is 2.45. The molecule has 3 heteroatoms. The normalized spacial score (nSPS) is 38.8. The molecule has 0 aliphatic heterocycles. The Hall–Kier alpha value is -0.600. The second-order valence-corrected chi connectivity index (χ2v) is 9.60. The van der Waals surface area contributed by atoms with Crippen molar-refractivity contribution in [3.63, 3.8) is 0 Å². The summed E-state index contributed by atoms with van der Waals surface area (Å²) in [6.45, 7) is 14.0. The maximum atomic E-state index is 11.6. The molecule has 0 saturated heterocycles. The van der Waals surface area contributed by atoms with E-state index in [-0.39, 0.29) is 0 Å². The number of hydrogen-bond acceptors (Lipinski definition) is 2. The maximum absolute atomic E-state index is 11.6. The van der Waals surface area contributed by atoms with Crippen molar-refractivity contribution in [2.75, 3.05) is 0 Å². The quantitative estimate of drug-likeness (QED) is 0.515. The van der Waals surface area contributed by atoms with Crippen LogP contribution in [-0.2, 0) is 0 Å². The summed E-state index contributed by atoms with van der Waals surface area (Å²) in [7, 11) is 0. The maximum Gasteiger partial charge on any atom is 0.0529 e. The van der Waals surface area contributed by atoms with E-state index in [0.29, 0.717) is 34.7 Å². The number of rotatable bonds is 3. The average molecular weight is 294 g/mol. The van der Waals surface area contributed by atoms with Crippen LogP contribution in [0.4, 0.5) is 0 Å². The van der Waals surface area contributed by atoms with E-state index in [1.54, 1.807) is 0 Å². The van der Waals surface area contributed by atoms with E-state index in [0.717, 1.165) is 25.7 Å². The fourth-order valence-corrected chi connectivity index (χ4v) is 5.43. The van der Waals surface area contributed by atoms with E-state index in [9.17, 15) is 4.91 Å². The first-order valence-electron chi connectivity index (χ1n) is 8.73. The Labute approximate surface area is 130 Å². The summed E-state index contributed by atoms with van der Waals surface area (Å²) in [5.41, 5.74) is 0.669. The first-order valence-corrected chi connectivity index (χ1v) is 8.73. The molecule has 0 aromatic rings. The SMILES string of the molecule is C[C@@H]1C[C@@H](N(N=O)[C@@H]2C[C@H](C)CC(C)(C)C2)CC(C)(C)C1. The molecular formula is C18H34N2O. The monoisotopic (exact) mass is 294 g/mol. The van der Waals surface area contributed by atoms with Crippen molar-refractivity contribution < 1.29 is 0 Å². The van der Waals surface area contributed by atoms with Gasteiger partial charge in [0.05, 0.1) is 17.4 Å². The zero-order valence-corrected chi connectivity index (χ0v) is 14.9. The molecule has 2 fully saturated rings. The Morgan fingerprint density at radius 3 is 1.48 bits per heavy atom. The van der Waals surface area contributed by atoms with Crippen LogP contribution < -0.4 is 0 Å². The lowest BCUT2D eigenvalue weighted by Crippen LogP contribution is -2.48. The molecule has 0 radical (unpaired) electrons. The molecular weight excluding hydrogens is 260 g/mol. The molecule has 0 unspecified atom stereocenters. The first kappa shape index (κ1) is 16.8. The lowest BCUT2D eigenvalue weighted by Gasteiger charge is -2.48. The van der Waals surface area contributed by atoms with Crippen LogP contribution in [0.15, 0.2) is 5.29 Å². The van der Waals surface area contributed by atoms with E-state index < -0.39 is 0 Å². The number of nitrogens with zero attached hydrogens (tertiary/aromatic N) is 2. The molecule has 21 heavy (non-hydrogen) atoms. The van der Waals surface area contributed by atoms with E-state index in [1.165, 1.54) is 12.8 Å². The van der Waals surface area contributed by atoms with Gasteiger partial charge in [0.25, 0.3) is 0 Å². The molecule has 0 amide bonds. The lowest BCUT2D eigenvalue weighted by atomic mass is 9.68. The highest BCUT2D eigenvalue weighted by atomic mass is 16.3. The molecule has 4 atom stereocenters. The fraction of sp³-hybridized carbons (Fsp3) is 1.00. The topological polar surface area (TPSA) is 32.7 Å². The van der Waals surface area contributed by atoms with E-state index in [1.807, 2.05) is 5.01 Å².